The molecule has 0 aliphatic carbocycles. The summed E-state index contributed by atoms with van der Waals surface area (Å²) in [5, 5.41) is 1.93. The molecule has 2 aromatic carbocycles. The van der Waals surface area contributed by atoms with Gasteiger partial charge in [-0.05, 0) is 6.07 Å². The molecule has 0 atom stereocenters. The quantitative estimate of drug-likeness (QED) is 0.571. The molecule has 0 saturated heterocycles. The van der Waals surface area contributed by atoms with Gasteiger partial charge in [0.05, 0.1) is 27.1 Å². The van der Waals surface area contributed by atoms with E-state index in [0.29, 0.717) is 0 Å². The summed E-state index contributed by atoms with van der Waals surface area (Å²) in [7, 11) is 0. The fourth-order valence-electron chi connectivity index (χ4n) is 1.57. The Morgan fingerprint density at radius 3 is 2.83 bits per heavy atom. The zero-order valence-corrected chi connectivity index (χ0v) is 7.63. The van der Waals surface area contributed by atoms with Crippen molar-refractivity contribution in [2.75, 3.05) is 0 Å². The zero-order chi connectivity index (χ0) is 8.29. The van der Waals surface area contributed by atoms with Crippen LogP contribution in [-0.2, 0) is 0 Å². The normalized spacial score (nSPS) is 12.1. The van der Waals surface area contributed by atoms with E-state index in [2.05, 4.69) is 16.1 Å². The molecule has 1 aromatic heterocycles. The molecule has 0 radical (unpaired) electrons. The zero-order valence-electron chi connectivity index (χ0n) is 6.04. The van der Waals surface area contributed by atoms with E-state index in [1.807, 2.05) is 24.3 Å². The molecule has 0 spiro atoms. The summed E-state index contributed by atoms with van der Waals surface area (Å²) in [6.07, 6.45) is 0. The van der Waals surface area contributed by atoms with Crippen LogP contribution in [0.3, 0.4) is 0 Å². The number of aromatic nitrogens is 1. The molecule has 0 saturated carbocycles. The Labute approximate surface area is 76.4 Å². The number of rotatable bonds is 0. The molecule has 58 valence electrons. The molecule has 3 heteroatoms. The summed E-state index contributed by atoms with van der Waals surface area (Å²) in [6.45, 7) is 0. The predicted molar refractivity (Wildman–Crippen MR) is 52.4 cm³/mol. The van der Waals surface area contributed by atoms with Crippen molar-refractivity contribution in [3.63, 3.8) is 0 Å². The van der Waals surface area contributed by atoms with Crippen LogP contribution in [0.25, 0.3) is 21.8 Å². The molecule has 2 nitrogen and oxygen atoms in total. The average molecular weight is 222 g/mol. The number of para-hydroxylation sites is 1. The fraction of sp³-hybridized carbons (Fsp3) is 0. The number of hydrogen-bond donors (Lipinski definition) is 0. The Balaban J connectivity index is 2.72. The minimum atomic E-state index is 0.172. The SMILES string of the molecule is O=c1c2c3ccccc3n(Br)c12. The number of nitrogens with zero attached hydrogens (tertiary/aromatic N) is 1. The highest BCUT2D eigenvalue weighted by molar-refractivity contribution is 9.08. The maximum Gasteiger partial charge on any atom is 0.213 e. The number of benzene rings is 1. The first-order valence-electron chi connectivity index (χ1n) is 3.65. The largest absolute Gasteiger partial charge is 0.287 e. The second-order valence-corrected chi connectivity index (χ2v) is 3.56. The van der Waals surface area contributed by atoms with Crippen molar-refractivity contribution in [3.8, 4) is 0 Å². The van der Waals surface area contributed by atoms with E-state index >= 15 is 0 Å². The topological polar surface area (TPSA) is 22.0 Å². The third-order valence-electron chi connectivity index (χ3n) is 2.20. The van der Waals surface area contributed by atoms with E-state index < -0.39 is 0 Å². The molecule has 3 aromatic rings. The lowest BCUT2D eigenvalue weighted by molar-refractivity contribution is 1.47. The molecule has 0 bridgehead atoms. The van der Waals surface area contributed by atoms with Crippen LogP contribution in [0.1, 0.15) is 0 Å². The van der Waals surface area contributed by atoms with Crippen molar-refractivity contribution >= 4 is 38.0 Å². The van der Waals surface area contributed by atoms with Gasteiger partial charge in [0.25, 0.3) is 0 Å². The average Bonchev–Trinajstić information content (AvgIpc) is 2.65. The van der Waals surface area contributed by atoms with Crippen molar-refractivity contribution in [1.29, 1.82) is 0 Å². The molecule has 0 amide bonds. The Morgan fingerprint density at radius 1 is 1.25 bits per heavy atom. The summed E-state index contributed by atoms with van der Waals surface area (Å²) in [5.41, 5.74) is 2.05. The standard InChI is InChI=1S/C9H4BrNO/c10-11-6-4-2-1-3-5(6)7-8(11)9(7)12/h1-4H. The van der Waals surface area contributed by atoms with Gasteiger partial charge in [0.1, 0.15) is 5.52 Å². The Kier molecular flexibility index (Phi) is 0.964. The van der Waals surface area contributed by atoms with Crippen LogP contribution in [0, 0.1) is 0 Å². The maximum absolute atomic E-state index is 11.1. The van der Waals surface area contributed by atoms with E-state index in [4.69, 9.17) is 0 Å². The van der Waals surface area contributed by atoms with Gasteiger partial charge in [0.2, 0.25) is 5.43 Å². The van der Waals surface area contributed by atoms with Gasteiger partial charge in [-0.1, -0.05) is 18.2 Å². The van der Waals surface area contributed by atoms with Crippen LogP contribution >= 0.6 is 16.1 Å². The minimum Gasteiger partial charge on any atom is -0.287 e. The van der Waals surface area contributed by atoms with E-state index in [1.165, 1.54) is 0 Å². The summed E-state index contributed by atoms with van der Waals surface area (Å²) >= 11 is 3.34. The molecule has 0 fully saturated rings. The van der Waals surface area contributed by atoms with Crippen molar-refractivity contribution in [2.45, 2.75) is 0 Å². The van der Waals surface area contributed by atoms with E-state index in [1.54, 1.807) is 3.59 Å². The first kappa shape index (κ1) is 6.43. The number of hydrogen-bond acceptors (Lipinski definition) is 1. The highest BCUT2D eigenvalue weighted by Gasteiger charge is 2.22. The first-order valence-corrected chi connectivity index (χ1v) is 4.36. The summed E-state index contributed by atoms with van der Waals surface area (Å²) in [4.78, 5) is 11.1. The van der Waals surface area contributed by atoms with Gasteiger partial charge in [0.15, 0.2) is 0 Å². The van der Waals surface area contributed by atoms with Crippen molar-refractivity contribution in [3.05, 3.63) is 34.5 Å². The smallest absolute Gasteiger partial charge is 0.213 e. The molecule has 12 heavy (non-hydrogen) atoms. The van der Waals surface area contributed by atoms with Crippen molar-refractivity contribution in [2.24, 2.45) is 0 Å². The second-order valence-electron chi connectivity index (χ2n) is 2.85. The lowest BCUT2D eigenvalue weighted by Crippen LogP contribution is -1.84. The molecule has 0 aliphatic rings. The molecule has 0 unspecified atom stereocenters. The second kappa shape index (κ2) is 1.80. The maximum atomic E-state index is 11.1. The Hall–Kier alpha value is -1.09. The lowest BCUT2D eigenvalue weighted by atomic mass is 10.2. The van der Waals surface area contributed by atoms with E-state index in [0.717, 1.165) is 21.8 Å². The van der Waals surface area contributed by atoms with E-state index in [9.17, 15) is 4.79 Å². The van der Waals surface area contributed by atoms with Crippen molar-refractivity contribution < 1.29 is 0 Å². The summed E-state index contributed by atoms with van der Waals surface area (Å²) < 4.78 is 1.78. The summed E-state index contributed by atoms with van der Waals surface area (Å²) in [5.74, 6) is 0. The van der Waals surface area contributed by atoms with Gasteiger partial charge in [-0.25, -0.2) is 0 Å². The lowest BCUT2D eigenvalue weighted by Gasteiger charge is -1.92. The number of pyridine rings is 1. The van der Waals surface area contributed by atoms with Gasteiger partial charge in [-0.3, -0.25) is 8.39 Å². The highest BCUT2D eigenvalue weighted by atomic mass is 79.9. The predicted octanol–water partition coefficient (Wildman–Crippen LogP) is 2.19. The van der Waals surface area contributed by atoms with Gasteiger partial charge in [-0.2, -0.15) is 0 Å². The molecule has 0 aliphatic heterocycles. The third-order valence-corrected chi connectivity index (χ3v) is 2.93. The molecule has 0 N–H and O–H groups in total. The number of fused-ring (bicyclic) bond motifs is 3. The molecule has 1 heterocycles. The Morgan fingerprint density at radius 2 is 2.00 bits per heavy atom. The van der Waals surface area contributed by atoms with Gasteiger partial charge in [0, 0.05) is 5.39 Å². The van der Waals surface area contributed by atoms with E-state index in [-0.39, 0.29) is 5.43 Å². The fourth-order valence-corrected chi connectivity index (χ4v) is 2.22. The van der Waals surface area contributed by atoms with Crippen LogP contribution in [0.5, 0.6) is 0 Å². The van der Waals surface area contributed by atoms with Gasteiger partial charge >= 0.3 is 0 Å². The monoisotopic (exact) mass is 221 g/mol. The first-order chi connectivity index (χ1) is 5.80. The third kappa shape index (κ3) is 0.547. The highest BCUT2D eigenvalue weighted by Crippen LogP contribution is 2.31. The van der Waals surface area contributed by atoms with Gasteiger partial charge < -0.3 is 0 Å². The van der Waals surface area contributed by atoms with Crippen LogP contribution in [0.4, 0.5) is 0 Å². The molecular formula is C9H4BrNO. The number of halogens is 1. The van der Waals surface area contributed by atoms with Crippen molar-refractivity contribution in [1.82, 2.24) is 3.59 Å². The molecular weight excluding hydrogens is 218 g/mol. The minimum absolute atomic E-state index is 0.172. The van der Waals surface area contributed by atoms with Crippen LogP contribution in [0.15, 0.2) is 29.1 Å². The van der Waals surface area contributed by atoms with Crippen LogP contribution in [0.2, 0.25) is 0 Å². The van der Waals surface area contributed by atoms with Crippen LogP contribution in [-0.4, -0.2) is 3.59 Å². The van der Waals surface area contributed by atoms with Crippen LogP contribution < -0.4 is 5.43 Å². The molecule has 3 rings (SSSR count). The summed E-state index contributed by atoms with van der Waals surface area (Å²) in [6, 6.07) is 7.87. The Bertz CT molecular complexity index is 598. The van der Waals surface area contributed by atoms with Gasteiger partial charge in [-0.15, -0.1) is 0 Å².